The molecule has 1 amide bonds. The molecule has 1 unspecified atom stereocenters. The second-order valence-electron chi connectivity index (χ2n) is 4.14. The molecular formula is C11H20N4O. The van der Waals surface area contributed by atoms with Crippen molar-refractivity contribution < 1.29 is 4.79 Å². The first-order chi connectivity index (χ1) is 7.61. The van der Waals surface area contributed by atoms with Gasteiger partial charge in [-0.15, -0.1) is 0 Å². The highest BCUT2D eigenvalue weighted by atomic mass is 16.1. The van der Waals surface area contributed by atoms with Gasteiger partial charge in [-0.2, -0.15) is 5.10 Å². The average molecular weight is 224 g/mol. The molecule has 0 saturated carbocycles. The SMILES string of the molecule is CC(CN)CCC(=O)NCc1ccn(C)n1. The fourth-order valence-corrected chi connectivity index (χ4v) is 1.33. The van der Waals surface area contributed by atoms with E-state index in [1.807, 2.05) is 26.2 Å². The fraction of sp³-hybridized carbons (Fsp3) is 0.636. The molecule has 3 N–H and O–H groups in total. The normalized spacial score (nSPS) is 12.4. The number of rotatable bonds is 6. The molecule has 0 aliphatic carbocycles. The Bertz CT molecular complexity index is 334. The van der Waals surface area contributed by atoms with Gasteiger partial charge in [0, 0.05) is 19.7 Å². The Morgan fingerprint density at radius 3 is 3.00 bits per heavy atom. The monoisotopic (exact) mass is 224 g/mol. The summed E-state index contributed by atoms with van der Waals surface area (Å²) in [5, 5.41) is 7.01. The summed E-state index contributed by atoms with van der Waals surface area (Å²) in [7, 11) is 1.86. The maximum absolute atomic E-state index is 11.5. The van der Waals surface area contributed by atoms with E-state index >= 15 is 0 Å². The zero-order valence-corrected chi connectivity index (χ0v) is 9.94. The summed E-state index contributed by atoms with van der Waals surface area (Å²) in [5.74, 6) is 0.464. The number of hydrogen-bond acceptors (Lipinski definition) is 3. The van der Waals surface area contributed by atoms with Gasteiger partial charge in [-0.1, -0.05) is 6.92 Å². The van der Waals surface area contributed by atoms with E-state index in [1.165, 1.54) is 0 Å². The number of aryl methyl sites for hydroxylation is 1. The summed E-state index contributed by atoms with van der Waals surface area (Å²) in [6.07, 6.45) is 3.23. The fourth-order valence-electron chi connectivity index (χ4n) is 1.33. The van der Waals surface area contributed by atoms with Crippen LogP contribution in [0.1, 0.15) is 25.5 Å². The molecule has 1 rings (SSSR count). The van der Waals surface area contributed by atoms with Gasteiger partial charge in [0.25, 0.3) is 0 Å². The Kier molecular flexibility index (Phi) is 4.98. The molecule has 0 aromatic carbocycles. The van der Waals surface area contributed by atoms with E-state index in [0.29, 0.717) is 25.4 Å². The number of carbonyl (C=O) groups is 1. The maximum atomic E-state index is 11.5. The third-order valence-electron chi connectivity index (χ3n) is 2.50. The maximum Gasteiger partial charge on any atom is 0.220 e. The minimum absolute atomic E-state index is 0.0611. The van der Waals surface area contributed by atoms with E-state index < -0.39 is 0 Å². The molecule has 0 aliphatic heterocycles. The summed E-state index contributed by atoms with van der Waals surface area (Å²) < 4.78 is 1.72. The highest BCUT2D eigenvalue weighted by Gasteiger charge is 2.05. The first-order valence-electron chi connectivity index (χ1n) is 5.57. The van der Waals surface area contributed by atoms with Gasteiger partial charge in [0.15, 0.2) is 0 Å². The van der Waals surface area contributed by atoms with Gasteiger partial charge >= 0.3 is 0 Å². The quantitative estimate of drug-likeness (QED) is 0.735. The van der Waals surface area contributed by atoms with E-state index in [9.17, 15) is 4.79 Å². The number of nitrogens with one attached hydrogen (secondary N) is 1. The standard InChI is InChI=1S/C11H20N4O/c1-9(7-12)3-4-11(16)13-8-10-5-6-15(2)14-10/h5-6,9H,3-4,7-8,12H2,1-2H3,(H,13,16). The van der Waals surface area contributed by atoms with Crippen molar-refractivity contribution in [2.24, 2.45) is 18.7 Å². The Morgan fingerprint density at radius 2 is 2.44 bits per heavy atom. The van der Waals surface area contributed by atoms with Crippen molar-refractivity contribution in [1.29, 1.82) is 0 Å². The Hall–Kier alpha value is -1.36. The first kappa shape index (κ1) is 12.7. The van der Waals surface area contributed by atoms with Gasteiger partial charge in [-0.25, -0.2) is 0 Å². The zero-order chi connectivity index (χ0) is 12.0. The number of amides is 1. The molecule has 0 spiro atoms. The van der Waals surface area contributed by atoms with Crippen molar-refractivity contribution in [3.8, 4) is 0 Å². The highest BCUT2D eigenvalue weighted by Crippen LogP contribution is 2.03. The summed E-state index contributed by atoms with van der Waals surface area (Å²) in [4.78, 5) is 11.5. The molecule has 16 heavy (non-hydrogen) atoms. The molecule has 90 valence electrons. The lowest BCUT2D eigenvalue weighted by Crippen LogP contribution is -2.24. The predicted octanol–water partition coefficient (Wildman–Crippen LogP) is 0.411. The number of carbonyl (C=O) groups excluding carboxylic acids is 1. The van der Waals surface area contributed by atoms with Crippen molar-refractivity contribution in [2.45, 2.75) is 26.3 Å². The van der Waals surface area contributed by atoms with Crippen LogP contribution >= 0.6 is 0 Å². The molecule has 1 aromatic rings. The molecule has 1 atom stereocenters. The Labute approximate surface area is 96.0 Å². The van der Waals surface area contributed by atoms with Crippen LogP contribution in [-0.2, 0) is 18.4 Å². The zero-order valence-electron chi connectivity index (χ0n) is 9.94. The van der Waals surface area contributed by atoms with Crippen LogP contribution in [0.5, 0.6) is 0 Å². The molecule has 1 aromatic heterocycles. The first-order valence-corrected chi connectivity index (χ1v) is 5.57. The molecular weight excluding hydrogens is 204 g/mol. The van der Waals surface area contributed by atoms with Crippen molar-refractivity contribution in [1.82, 2.24) is 15.1 Å². The van der Waals surface area contributed by atoms with Gasteiger partial charge in [0.2, 0.25) is 5.91 Å². The number of nitrogens with two attached hydrogens (primary N) is 1. The lowest BCUT2D eigenvalue weighted by Gasteiger charge is -2.07. The predicted molar refractivity (Wildman–Crippen MR) is 62.5 cm³/mol. The van der Waals surface area contributed by atoms with Crippen LogP contribution in [0.25, 0.3) is 0 Å². The largest absolute Gasteiger partial charge is 0.350 e. The second kappa shape index (κ2) is 6.27. The van der Waals surface area contributed by atoms with Crippen molar-refractivity contribution in [2.75, 3.05) is 6.54 Å². The summed E-state index contributed by atoms with van der Waals surface area (Å²) in [6, 6.07) is 1.89. The highest BCUT2D eigenvalue weighted by molar-refractivity contribution is 5.75. The second-order valence-corrected chi connectivity index (χ2v) is 4.14. The molecule has 0 fully saturated rings. The number of hydrogen-bond donors (Lipinski definition) is 2. The van der Waals surface area contributed by atoms with E-state index in [-0.39, 0.29) is 5.91 Å². The van der Waals surface area contributed by atoms with Crippen LogP contribution in [0.2, 0.25) is 0 Å². The van der Waals surface area contributed by atoms with Crippen LogP contribution in [0, 0.1) is 5.92 Å². The van der Waals surface area contributed by atoms with Gasteiger partial charge in [-0.3, -0.25) is 9.48 Å². The lowest BCUT2D eigenvalue weighted by atomic mass is 10.1. The molecule has 0 saturated heterocycles. The molecule has 1 heterocycles. The smallest absolute Gasteiger partial charge is 0.220 e. The minimum atomic E-state index is 0.0611. The molecule has 0 radical (unpaired) electrons. The van der Waals surface area contributed by atoms with Gasteiger partial charge < -0.3 is 11.1 Å². The number of nitrogens with zero attached hydrogens (tertiary/aromatic N) is 2. The third kappa shape index (κ3) is 4.44. The Morgan fingerprint density at radius 1 is 1.69 bits per heavy atom. The van der Waals surface area contributed by atoms with Crippen LogP contribution in [-0.4, -0.2) is 22.2 Å². The van der Waals surface area contributed by atoms with Gasteiger partial charge in [-0.05, 0) is 24.9 Å². The average Bonchev–Trinajstić information content (AvgIpc) is 2.69. The summed E-state index contributed by atoms with van der Waals surface area (Å²) in [5.41, 5.74) is 6.36. The lowest BCUT2D eigenvalue weighted by molar-refractivity contribution is -0.121. The topological polar surface area (TPSA) is 72.9 Å². The van der Waals surface area contributed by atoms with Crippen LogP contribution in [0.3, 0.4) is 0 Å². The van der Waals surface area contributed by atoms with Gasteiger partial charge in [0.05, 0.1) is 12.2 Å². The van der Waals surface area contributed by atoms with Crippen LogP contribution in [0.4, 0.5) is 0 Å². The molecule has 0 aliphatic rings. The minimum Gasteiger partial charge on any atom is -0.350 e. The van der Waals surface area contributed by atoms with Crippen LogP contribution in [0.15, 0.2) is 12.3 Å². The third-order valence-corrected chi connectivity index (χ3v) is 2.50. The van der Waals surface area contributed by atoms with Crippen molar-refractivity contribution in [3.63, 3.8) is 0 Å². The summed E-state index contributed by atoms with van der Waals surface area (Å²) in [6.45, 7) is 3.18. The van der Waals surface area contributed by atoms with E-state index in [0.717, 1.165) is 12.1 Å². The van der Waals surface area contributed by atoms with E-state index in [4.69, 9.17) is 5.73 Å². The van der Waals surface area contributed by atoms with Crippen molar-refractivity contribution >= 4 is 5.91 Å². The van der Waals surface area contributed by atoms with Crippen LogP contribution < -0.4 is 11.1 Å². The van der Waals surface area contributed by atoms with E-state index in [1.54, 1.807) is 4.68 Å². The van der Waals surface area contributed by atoms with E-state index in [2.05, 4.69) is 10.4 Å². The molecule has 0 bridgehead atoms. The number of aromatic nitrogens is 2. The summed E-state index contributed by atoms with van der Waals surface area (Å²) >= 11 is 0. The molecule has 5 nitrogen and oxygen atoms in total. The molecule has 5 heteroatoms. The van der Waals surface area contributed by atoms with Crippen molar-refractivity contribution in [3.05, 3.63) is 18.0 Å². The van der Waals surface area contributed by atoms with Gasteiger partial charge in [0.1, 0.15) is 0 Å². The Balaban J connectivity index is 2.20.